The molecule has 0 saturated heterocycles. The second-order valence-corrected chi connectivity index (χ2v) is 6.46. The molecule has 1 aromatic carbocycles. The summed E-state index contributed by atoms with van der Waals surface area (Å²) in [5, 5.41) is 3.60. The summed E-state index contributed by atoms with van der Waals surface area (Å²) in [6.07, 6.45) is 3.10. The Balaban J connectivity index is 1.83. The molecule has 1 amide bonds. The molecule has 0 aliphatic carbocycles. The van der Waals surface area contributed by atoms with Gasteiger partial charge in [-0.2, -0.15) is 0 Å². The second-order valence-electron chi connectivity index (χ2n) is 5.65. The molecular formula is C19H15Cl2N3O3. The first-order valence-corrected chi connectivity index (χ1v) is 8.68. The molecule has 0 radical (unpaired) electrons. The van der Waals surface area contributed by atoms with E-state index in [4.69, 9.17) is 27.9 Å². The van der Waals surface area contributed by atoms with Gasteiger partial charge in [0.25, 0.3) is 11.5 Å². The number of hydrogen-bond acceptors (Lipinski definition) is 4. The summed E-state index contributed by atoms with van der Waals surface area (Å²) >= 11 is 11.9. The van der Waals surface area contributed by atoms with Crippen LogP contribution in [0.1, 0.15) is 15.9 Å². The van der Waals surface area contributed by atoms with Crippen LogP contribution in [0.3, 0.4) is 0 Å². The number of rotatable bonds is 5. The van der Waals surface area contributed by atoms with Crippen LogP contribution in [0, 0.1) is 0 Å². The highest BCUT2D eigenvalue weighted by Crippen LogP contribution is 2.23. The number of carbonyl (C=O) groups excluding carboxylic acids is 1. The molecular weight excluding hydrogens is 389 g/mol. The molecule has 3 rings (SSSR count). The average Bonchev–Trinajstić information content (AvgIpc) is 2.67. The maximum Gasteiger partial charge on any atom is 0.261 e. The number of carbonyl (C=O) groups is 1. The molecule has 0 aliphatic rings. The zero-order valence-electron chi connectivity index (χ0n) is 14.3. The molecule has 2 aromatic heterocycles. The molecule has 0 fully saturated rings. The monoisotopic (exact) mass is 403 g/mol. The number of anilines is 1. The molecule has 0 spiro atoms. The highest BCUT2D eigenvalue weighted by molar-refractivity contribution is 6.42. The number of methoxy groups -OCH3 is 1. The molecule has 1 N–H and O–H groups in total. The minimum Gasteiger partial charge on any atom is -0.480 e. The summed E-state index contributed by atoms with van der Waals surface area (Å²) in [6, 6.07) is 11.3. The highest BCUT2D eigenvalue weighted by atomic mass is 35.5. The van der Waals surface area contributed by atoms with Gasteiger partial charge >= 0.3 is 0 Å². The normalized spacial score (nSPS) is 10.5. The lowest BCUT2D eigenvalue weighted by molar-refractivity contribution is 0.102. The van der Waals surface area contributed by atoms with Crippen LogP contribution in [-0.2, 0) is 6.54 Å². The van der Waals surface area contributed by atoms with Gasteiger partial charge in [0.15, 0.2) is 0 Å². The number of nitrogens with zero attached hydrogens (tertiary/aromatic N) is 2. The lowest BCUT2D eigenvalue weighted by atomic mass is 10.2. The van der Waals surface area contributed by atoms with Crippen molar-refractivity contribution in [3.05, 3.63) is 86.4 Å². The number of benzene rings is 1. The van der Waals surface area contributed by atoms with Gasteiger partial charge in [-0.05, 0) is 35.9 Å². The van der Waals surface area contributed by atoms with E-state index in [9.17, 15) is 9.59 Å². The van der Waals surface area contributed by atoms with Crippen molar-refractivity contribution in [3.63, 3.8) is 0 Å². The van der Waals surface area contributed by atoms with Crippen LogP contribution in [0.25, 0.3) is 0 Å². The van der Waals surface area contributed by atoms with Crippen molar-refractivity contribution in [2.75, 3.05) is 12.4 Å². The lowest BCUT2D eigenvalue weighted by Gasteiger charge is -2.11. The van der Waals surface area contributed by atoms with Crippen molar-refractivity contribution < 1.29 is 9.53 Å². The van der Waals surface area contributed by atoms with Gasteiger partial charge in [0.1, 0.15) is 5.56 Å². The Kier molecular flexibility index (Phi) is 5.78. The van der Waals surface area contributed by atoms with E-state index in [-0.39, 0.29) is 23.9 Å². The summed E-state index contributed by atoms with van der Waals surface area (Å²) in [7, 11) is 1.44. The summed E-state index contributed by atoms with van der Waals surface area (Å²) in [4.78, 5) is 28.6. The Morgan fingerprint density at radius 1 is 1.19 bits per heavy atom. The quantitative estimate of drug-likeness (QED) is 0.701. The minimum absolute atomic E-state index is 0.210. The first-order chi connectivity index (χ1) is 13.0. The number of ether oxygens (including phenoxy) is 1. The number of hydrogen-bond donors (Lipinski definition) is 1. The fourth-order valence-corrected chi connectivity index (χ4v) is 2.81. The molecule has 138 valence electrons. The smallest absolute Gasteiger partial charge is 0.261 e. The maximum atomic E-state index is 12.5. The van der Waals surface area contributed by atoms with E-state index >= 15 is 0 Å². The van der Waals surface area contributed by atoms with Crippen molar-refractivity contribution >= 4 is 34.8 Å². The third-order valence-corrected chi connectivity index (χ3v) is 4.53. The summed E-state index contributed by atoms with van der Waals surface area (Å²) in [6.45, 7) is 0.287. The average molecular weight is 404 g/mol. The zero-order chi connectivity index (χ0) is 19.4. The molecule has 0 atom stereocenters. The molecule has 0 aliphatic heterocycles. The number of pyridine rings is 2. The topological polar surface area (TPSA) is 73.2 Å². The summed E-state index contributed by atoms with van der Waals surface area (Å²) in [5.41, 5.74) is 1.36. The highest BCUT2D eigenvalue weighted by Gasteiger charge is 2.13. The van der Waals surface area contributed by atoms with Crippen LogP contribution >= 0.6 is 23.2 Å². The Bertz CT molecular complexity index is 1050. The second kappa shape index (κ2) is 8.24. The van der Waals surface area contributed by atoms with Crippen LogP contribution in [0.5, 0.6) is 5.88 Å². The van der Waals surface area contributed by atoms with E-state index in [0.29, 0.717) is 21.3 Å². The fraction of sp³-hybridized carbons (Fsp3) is 0.105. The number of aromatic nitrogens is 2. The Labute approximate surface area is 165 Å². The Morgan fingerprint density at radius 3 is 2.74 bits per heavy atom. The molecule has 2 heterocycles. The van der Waals surface area contributed by atoms with Gasteiger partial charge in [-0.3, -0.25) is 9.59 Å². The zero-order valence-corrected chi connectivity index (χ0v) is 15.8. The maximum absolute atomic E-state index is 12.5. The first-order valence-electron chi connectivity index (χ1n) is 7.92. The van der Waals surface area contributed by atoms with Crippen molar-refractivity contribution in [3.8, 4) is 5.88 Å². The molecule has 8 heteroatoms. The minimum atomic E-state index is -0.389. The van der Waals surface area contributed by atoms with Gasteiger partial charge in [-0.15, -0.1) is 0 Å². The Hall–Kier alpha value is -2.83. The number of nitrogens with one attached hydrogen (secondary N) is 1. The van der Waals surface area contributed by atoms with Crippen LogP contribution < -0.4 is 15.6 Å². The van der Waals surface area contributed by atoms with Crippen LogP contribution in [0.4, 0.5) is 5.69 Å². The van der Waals surface area contributed by atoms with Crippen molar-refractivity contribution in [1.82, 2.24) is 9.55 Å². The molecule has 3 aromatic rings. The van der Waals surface area contributed by atoms with Crippen molar-refractivity contribution in [2.45, 2.75) is 6.54 Å². The van der Waals surface area contributed by atoms with Crippen LogP contribution in [-0.4, -0.2) is 22.6 Å². The van der Waals surface area contributed by atoms with E-state index in [1.807, 2.05) is 0 Å². The third kappa shape index (κ3) is 4.48. The largest absolute Gasteiger partial charge is 0.480 e. The fourth-order valence-electron chi connectivity index (χ4n) is 2.49. The van der Waals surface area contributed by atoms with E-state index in [0.717, 1.165) is 5.56 Å². The molecule has 0 unspecified atom stereocenters. The predicted molar refractivity (Wildman–Crippen MR) is 105 cm³/mol. The number of halogens is 2. The van der Waals surface area contributed by atoms with Gasteiger partial charge in [-0.25, -0.2) is 4.98 Å². The lowest BCUT2D eigenvalue weighted by Crippen LogP contribution is -2.21. The SMILES string of the molecule is COc1ncccc1C(=O)Nc1ccc(=O)n(Cc2ccc(Cl)c(Cl)c2)c1. The first kappa shape index (κ1) is 18.9. The van der Waals surface area contributed by atoms with Gasteiger partial charge in [0.2, 0.25) is 5.88 Å². The molecule has 27 heavy (non-hydrogen) atoms. The van der Waals surface area contributed by atoms with Gasteiger partial charge in [-0.1, -0.05) is 29.3 Å². The van der Waals surface area contributed by atoms with Crippen LogP contribution in [0.15, 0.2) is 59.7 Å². The Morgan fingerprint density at radius 2 is 2.00 bits per heavy atom. The van der Waals surface area contributed by atoms with Gasteiger partial charge in [0.05, 0.1) is 29.4 Å². The molecule has 0 saturated carbocycles. The van der Waals surface area contributed by atoms with E-state index in [1.54, 1.807) is 36.5 Å². The standard InChI is InChI=1S/C19H15Cl2N3O3/c1-27-19-14(3-2-8-22-19)18(26)23-13-5-7-17(25)24(11-13)10-12-4-6-15(20)16(21)9-12/h2-9,11H,10H2,1H3,(H,23,26). The molecule has 6 nitrogen and oxygen atoms in total. The van der Waals surface area contributed by atoms with Crippen LogP contribution in [0.2, 0.25) is 10.0 Å². The van der Waals surface area contributed by atoms with Crippen molar-refractivity contribution in [2.24, 2.45) is 0 Å². The van der Waals surface area contributed by atoms with Crippen molar-refractivity contribution in [1.29, 1.82) is 0 Å². The van der Waals surface area contributed by atoms with Gasteiger partial charge in [0, 0.05) is 18.5 Å². The van der Waals surface area contributed by atoms with E-state index < -0.39 is 0 Å². The number of amides is 1. The van der Waals surface area contributed by atoms with E-state index in [1.165, 1.54) is 30.0 Å². The van der Waals surface area contributed by atoms with E-state index in [2.05, 4.69) is 10.3 Å². The third-order valence-electron chi connectivity index (χ3n) is 3.79. The predicted octanol–water partition coefficient (Wildman–Crippen LogP) is 3.86. The molecule has 0 bridgehead atoms. The van der Waals surface area contributed by atoms with Gasteiger partial charge < -0.3 is 14.6 Å². The summed E-state index contributed by atoms with van der Waals surface area (Å²) < 4.78 is 6.56. The summed E-state index contributed by atoms with van der Waals surface area (Å²) in [5.74, 6) is -0.168.